The Morgan fingerprint density at radius 3 is 1.12 bits per heavy atom. The fourth-order valence-electron chi connectivity index (χ4n) is 2.52. The van der Waals surface area contributed by atoms with Crippen LogP contribution in [0.2, 0.25) is 0 Å². The zero-order valence-corrected chi connectivity index (χ0v) is 18.0. The van der Waals surface area contributed by atoms with Crippen LogP contribution >= 0.6 is 12.6 Å². The molecule has 0 aromatic rings. The summed E-state index contributed by atoms with van der Waals surface area (Å²) in [6.07, 6.45) is -10.6. The van der Waals surface area contributed by atoms with Crippen LogP contribution in [0, 0.1) is 0 Å². The molecule has 0 radical (unpaired) electrons. The highest BCUT2D eigenvalue weighted by molar-refractivity contribution is 7.80. The number of alkyl halides is 15. The molecule has 0 aliphatic rings. The van der Waals surface area contributed by atoms with E-state index >= 15 is 0 Å². The second kappa shape index (κ2) is 11.5. The molecule has 0 atom stereocenters. The summed E-state index contributed by atoms with van der Waals surface area (Å²) in [6.45, 7) is -1.46. The van der Waals surface area contributed by atoms with Crippen molar-refractivity contribution in [3.8, 4) is 0 Å². The lowest BCUT2D eigenvalue weighted by molar-refractivity contribution is -0.472. The summed E-state index contributed by atoms with van der Waals surface area (Å²) in [5.74, 6) is -39.6. The number of hydrogen-bond acceptors (Lipinski definition) is 2. The molecular weight excluding hydrogens is 537 g/mol. The fraction of sp³-hybridized carbons (Fsp3) is 1.00. The number of rotatable bonds is 16. The summed E-state index contributed by atoms with van der Waals surface area (Å²) in [5, 5.41) is 0. The van der Waals surface area contributed by atoms with Gasteiger partial charge in [-0.25, -0.2) is 0 Å². The number of ether oxygens (including phenoxy) is 1. The Bertz CT molecular complexity index is 619. The largest absolute Gasteiger partial charge is 0.460 e. The number of halogens is 15. The van der Waals surface area contributed by atoms with E-state index in [2.05, 4.69) is 17.4 Å². The van der Waals surface area contributed by atoms with Gasteiger partial charge in [-0.3, -0.25) is 0 Å². The van der Waals surface area contributed by atoms with Crippen molar-refractivity contribution in [1.29, 1.82) is 0 Å². The van der Waals surface area contributed by atoms with E-state index in [0.717, 1.165) is 19.3 Å². The number of hydrogen-bond donors (Lipinski definition) is 1. The van der Waals surface area contributed by atoms with E-state index in [0.29, 0.717) is 25.0 Å². The van der Waals surface area contributed by atoms with Gasteiger partial charge < -0.3 is 4.74 Å². The second-order valence-corrected chi connectivity index (χ2v) is 7.73. The first-order chi connectivity index (χ1) is 15.1. The van der Waals surface area contributed by atoms with E-state index in [1.54, 1.807) is 0 Å². The van der Waals surface area contributed by atoms with Crippen LogP contribution in [0.4, 0.5) is 65.9 Å². The molecule has 0 aliphatic carbocycles. The van der Waals surface area contributed by atoms with Gasteiger partial charge in [0.2, 0.25) is 0 Å². The average Bonchev–Trinajstić information content (AvgIpc) is 2.67. The summed E-state index contributed by atoms with van der Waals surface area (Å²) in [4.78, 5) is 0. The van der Waals surface area contributed by atoms with Crippen molar-refractivity contribution < 1.29 is 70.6 Å². The number of unbranched alkanes of at least 4 members (excludes halogenated alkanes) is 7. The Morgan fingerprint density at radius 1 is 0.412 bits per heavy atom. The van der Waals surface area contributed by atoms with Crippen LogP contribution in [0.3, 0.4) is 0 Å². The van der Waals surface area contributed by atoms with Crippen molar-refractivity contribution in [3.05, 3.63) is 0 Å². The molecule has 0 fully saturated rings. The van der Waals surface area contributed by atoms with Crippen molar-refractivity contribution in [2.45, 2.75) is 93.3 Å². The minimum Gasteiger partial charge on any atom is -0.316 e. The maximum Gasteiger partial charge on any atom is 0.460 e. The lowest BCUT2D eigenvalue weighted by atomic mass is 9.93. The fourth-order valence-corrected chi connectivity index (χ4v) is 2.74. The highest BCUT2D eigenvalue weighted by Crippen LogP contribution is 2.62. The minimum absolute atomic E-state index is 0.0245. The number of thiol groups is 1. The SMILES string of the molecule is FC(F)(F)C(F)(F)C(F)(F)C(F)(F)C(F)(F)C(F)(F)C(F)(F)OCCCCCCCCCCS. The smallest absolute Gasteiger partial charge is 0.316 e. The standard InChI is InChI=1S/C17H21F15OS/c18-11(19,12(20,21)14(24,25)16(28,29)30)13(22,23)15(26,27)17(31,32)33-9-7-5-3-1-2-4-6-8-10-34/h34H,1-10H2. The van der Waals surface area contributed by atoms with Crippen LogP contribution in [-0.4, -0.2) is 54.3 Å². The first-order valence-corrected chi connectivity index (χ1v) is 10.3. The zero-order chi connectivity index (χ0) is 27.3. The molecule has 0 saturated heterocycles. The molecule has 0 aromatic carbocycles. The van der Waals surface area contributed by atoms with Crippen LogP contribution in [0.25, 0.3) is 0 Å². The van der Waals surface area contributed by atoms with E-state index in [4.69, 9.17) is 0 Å². The lowest BCUT2D eigenvalue weighted by Gasteiger charge is -2.41. The van der Waals surface area contributed by atoms with Crippen molar-refractivity contribution >= 4 is 12.6 Å². The predicted octanol–water partition coefficient (Wildman–Crippen LogP) is 8.39. The summed E-state index contributed by atoms with van der Waals surface area (Å²) in [6, 6.07) is 0. The summed E-state index contributed by atoms with van der Waals surface area (Å²) in [5.41, 5.74) is 0. The summed E-state index contributed by atoms with van der Waals surface area (Å²) < 4.78 is 198. The molecular formula is C17H21F15OS. The van der Waals surface area contributed by atoms with Crippen molar-refractivity contribution in [2.24, 2.45) is 0 Å². The molecule has 0 unspecified atom stereocenters. The van der Waals surface area contributed by atoms with Gasteiger partial charge in [0.1, 0.15) is 0 Å². The zero-order valence-electron chi connectivity index (χ0n) is 17.1. The average molecular weight is 558 g/mol. The Balaban J connectivity index is 5.28. The molecule has 0 amide bonds. The molecule has 0 spiro atoms. The molecule has 0 aliphatic heterocycles. The Labute approximate surface area is 189 Å². The van der Waals surface area contributed by atoms with Crippen LogP contribution in [-0.2, 0) is 4.74 Å². The van der Waals surface area contributed by atoms with E-state index in [9.17, 15) is 65.9 Å². The van der Waals surface area contributed by atoms with Crippen molar-refractivity contribution in [3.63, 3.8) is 0 Å². The minimum atomic E-state index is -8.29. The maximum absolute atomic E-state index is 13.5. The van der Waals surface area contributed by atoms with Gasteiger partial charge in [-0.2, -0.15) is 78.5 Å². The topological polar surface area (TPSA) is 9.23 Å². The third-order valence-electron chi connectivity index (χ3n) is 4.63. The van der Waals surface area contributed by atoms with Crippen molar-refractivity contribution in [2.75, 3.05) is 12.4 Å². The van der Waals surface area contributed by atoms with Gasteiger partial charge in [0.05, 0.1) is 6.61 Å². The quantitative estimate of drug-likeness (QED) is 0.114. The van der Waals surface area contributed by atoms with Crippen molar-refractivity contribution in [1.82, 2.24) is 0 Å². The van der Waals surface area contributed by atoms with Crippen LogP contribution in [0.5, 0.6) is 0 Å². The van der Waals surface area contributed by atoms with Gasteiger partial charge in [0, 0.05) is 0 Å². The Kier molecular flexibility index (Phi) is 11.3. The Hall–Kier alpha value is -0.740. The molecule has 0 saturated carbocycles. The van der Waals surface area contributed by atoms with E-state index in [1.165, 1.54) is 0 Å². The first-order valence-electron chi connectivity index (χ1n) is 9.64. The van der Waals surface area contributed by atoms with E-state index < -0.39 is 54.9 Å². The first kappa shape index (κ1) is 33.3. The molecule has 34 heavy (non-hydrogen) atoms. The van der Waals surface area contributed by atoms with Gasteiger partial charge in [0.15, 0.2) is 0 Å². The van der Waals surface area contributed by atoms with Crippen LogP contribution in [0.1, 0.15) is 51.4 Å². The summed E-state index contributed by atoms with van der Waals surface area (Å²) >= 11 is 3.98. The molecule has 17 heteroatoms. The van der Waals surface area contributed by atoms with E-state index in [-0.39, 0.29) is 6.42 Å². The lowest BCUT2D eigenvalue weighted by Crippen LogP contribution is -2.72. The predicted molar refractivity (Wildman–Crippen MR) is 92.5 cm³/mol. The molecule has 0 rings (SSSR count). The molecule has 0 N–H and O–H groups in total. The third-order valence-corrected chi connectivity index (χ3v) is 4.95. The van der Waals surface area contributed by atoms with Crippen LogP contribution in [0.15, 0.2) is 0 Å². The Morgan fingerprint density at radius 2 is 0.735 bits per heavy atom. The third kappa shape index (κ3) is 6.52. The maximum atomic E-state index is 13.5. The van der Waals surface area contributed by atoms with E-state index in [1.807, 2.05) is 0 Å². The second-order valence-electron chi connectivity index (χ2n) is 7.29. The van der Waals surface area contributed by atoms with Gasteiger partial charge in [-0.1, -0.05) is 38.5 Å². The monoisotopic (exact) mass is 558 g/mol. The molecule has 0 bridgehead atoms. The molecule has 206 valence electrons. The highest BCUT2D eigenvalue weighted by atomic mass is 32.1. The normalized spacial score (nSPS) is 15.2. The highest BCUT2D eigenvalue weighted by Gasteiger charge is 2.93. The molecule has 1 nitrogen and oxygen atoms in total. The van der Waals surface area contributed by atoms with Gasteiger partial charge in [-0.05, 0) is 18.6 Å². The molecule has 0 heterocycles. The molecule has 0 aromatic heterocycles. The van der Waals surface area contributed by atoms with Gasteiger partial charge in [0.25, 0.3) is 0 Å². The summed E-state index contributed by atoms with van der Waals surface area (Å²) in [7, 11) is 0. The van der Waals surface area contributed by atoms with Gasteiger partial charge >= 0.3 is 41.9 Å². The van der Waals surface area contributed by atoms with Gasteiger partial charge in [-0.15, -0.1) is 0 Å². The van der Waals surface area contributed by atoms with Crippen LogP contribution < -0.4 is 0 Å².